The molecule has 0 heterocycles. The maximum atomic E-state index is 10.7. The quantitative estimate of drug-likeness (QED) is 0.634. The molecule has 2 nitrogen and oxygen atoms in total. The van der Waals surface area contributed by atoms with Crippen molar-refractivity contribution in [2.24, 2.45) is 5.92 Å². The third-order valence-corrected chi connectivity index (χ3v) is 1.84. The Morgan fingerprint density at radius 3 is 2.45 bits per heavy atom. The van der Waals surface area contributed by atoms with Crippen molar-refractivity contribution in [1.82, 2.24) is 5.32 Å². The van der Waals surface area contributed by atoms with Crippen LogP contribution in [0.2, 0.25) is 0 Å². The number of Topliss-reactive ketones (excluding diaryl/α,β-unsaturated/α-hetero) is 1. The molecule has 0 aliphatic rings. The molecule has 1 atom stereocenters. The average Bonchev–Trinajstić information content (AvgIpc) is 1.97. The monoisotopic (exact) mass is 157 g/mol. The third kappa shape index (κ3) is 6.05. The number of nitrogens with one attached hydrogen (secondary N) is 1. The van der Waals surface area contributed by atoms with E-state index in [0.29, 0.717) is 11.7 Å². The lowest BCUT2D eigenvalue weighted by molar-refractivity contribution is -0.117. The van der Waals surface area contributed by atoms with Gasteiger partial charge in [-0.15, -0.1) is 0 Å². The van der Waals surface area contributed by atoms with Gasteiger partial charge in [-0.05, 0) is 25.9 Å². The first-order valence-corrected chi connectivity index (χ1v) is 4.40. The molecule has 0 saturated carbocycles. The molecule has 66 valence electrons. The van der Waals surface area contributed by atoms with Gasteiger partial charge < -0.3 is 10.1 Å². The van der Waals surface area contributed by atoms with Crippen molar-refractivity contribution in [3.05, 3.63) is 0 Å². The van der Waals surface area contributed by atoms with Crippen LogP contribution >= 0.6 is 0 Å². The van der Waals surface area contributed by atoms with Crippen LogP contribution in [0.25, 0.3) is 0 Å². The summed E-state index contributed by atoms with van der Waals surface area (Å²) in [6.07, 6.45) is 1.82. The molecule has 2 heteroatoms. The molecular formula is C9H19NO. The highest BCUT2D eigenvalue weighted by Gasteiger charge is 2.07. The first-order valence-electron chi connectivity index (χ1n) is 4.40. The molecule has 0 bridgehead atoms. The van der Waals surface area contributed by atoms with Gasteiger partial charge in [0.05, 0.1) is 0 Å². The Balaban J connectivity index is 3.49. The van der Waals surface area contributed by atoms with E-state index in [9.17, 15) is 4.79 Å². The molecule has 0 aliphatic heterocycles. The Labute approximate surface area is 69.4 Å². The second-order valence-corrected chi connectivity index (χ2v) is 2.99. The molecule has 0 rings (SSSR count). The second kappa shape index (κ2) is 6.35. The Kier molecular flexibility index (Phi) is 6.13. The largest absolute Gasteiger partial charge is 0.317 e. The van der Waals surface area contributed by atoms with E-state index < -0.39 is 0 Å². The lowest BCUT2D eigenvalue weighted by atomic mass is 10.0. The molecule has 0 radical (unpaired) electrons. The highest BCUT2D eigenvalue weighted by atomic mass is 16.1. The summed E-state index contributed by atoms with van der Waals surface area (Å²) < 4.78 is 0. The van der Waals surface area contributed by atoms with Gasteiger partial charge in [0.15, 0.2) is 0 Å². The zero-order chi connectivity index (χ0) is 8.69. The molecule has 1 unspecified atom stereocenters. The van der Waals surface area contributed by atoms with E-state index in [4.69, 9.17) is 0 Å². The van der Waals surface area contributed by atoms with E-state index in [1.54, 1.807) is 6.92 Å². The normalized spacial score (nSPS) is 13.0. The first kappa shape index (κ1) is 10.6. The van der Waals surface area contributed by atoms with Crippen molar-refractivity contribution in [1.29, 1.82) is 0 Å². The molecule has 0 spiro atoms. The summed E-state index contributed by atoms with van der Waals surface area (Å²) in [7, 11) is 0. The molecule has 0 aliphatic carbocycles. The number of carbonyl (C=O) groups is 1. The van der Waals surface area contributed by atoms with E-state index >= 15 is 0 Å². The van der Waals surface area contributed by atoms with Gasteiger partial charge in [-0.2, -0.15) is 0 Å². The molecule has 0 saturated heterocycles. The van der Waals surface area contributed by atoms with E-state index in [1.165, 1.54) is 0 Å². The van der Waals surface area contributed by atoms with E-state index in [2.05, 4.69) is 19.2 Å². The number of rotatable bonds is 6. The van der Waals surface area contributed by atoms with Crippen LogP contribution < -0.4 is 5.32 Å². The highest BCUT2D eigenvalue weighted by molar-refractivity contribution is 5.75. The van der Waals surface area contributed by atoms with E-state index in [1.807, 2.05) is 0 Å². The van der Waals surface area contributed by atoms with Gasteiger partial charge in [-0.3, -0.25) is 0 Å². The van der Waals surface area contributed by atoms with Crippen molar-refractivity contribution in [2.45, 2.75) is 33.6 Å². The standard InChI is InChI=1S/C9H19NO/c1-4-9(6-8(3)11)7-10-5-2/h9-10H,4-7H2,1-3H3. The molecule has 0 amide bonds. The van der Waals surface area contributed by atoms with Crippen LogP contribution in [0.4, 0.5) is 0 Å². The zero-order valence-corrected chi connectivity index (χ0v) is 7.81. The molecule has 0 aromatic carbocycles. The summed E-state index contributed by atoms with van der Waals surface area (Å²) in [5, 5.41) is 3.25. The molecule has 1 N–H and O–H groups in total. The minimum Gasteiger partial charge on any atom is -0.317 e. The van der Waals surface area contributed by atoms with Gasteiger partial charge in [0, 0.05) is 6.42 Å². The predicted molar refractivity (Wildman–Crippen MR) is 47.6 cm³/mol. The Morgan fingerprint density at radius 1 is 1.45 bits per heavy atom. The van der Waals surface area contributed by atoms with Crippen LogP contribution in [0.5, 0.6) is 0 Å². The minimum absolute atomic E-state index is 0.301. The maximum Gasteiger partial charge on any atom is 0.130 e. The van der Waals surface area contributed by atoms with Crippen LogP contribution in [-0.2, 0) is 4.79 Å². The van der Waals surface area contributed by atoms with Crippen LogP contribution in [0.1, 0.15) is 33.6 Å². The van der Waals surface area contributed by atoms with E-state index in [0.717, 1.165) is 25.9 Å². The molecule has 11 heavy (non-hydrogen) atoms. The summed E-state index contributed by atoms with van der Waals surface area (Å²) in [6, 6.07) is 0. The molecule has 0 aromatic heterocycles. The van der Waals surface area contributed by atoms with Crippen molar-refractivity contribution in [3.63, 3.8) is 0 Å². The van der Waals surface area contributed by atoms with Crippen molar-refractivity contribution >= 4 is 5.78 Å². The highest BCUT2D eigenvalue weighted by Crippen LogP contribution is 2.06. The number of hydrogen-bond donors (Lipinski definition) is 1. The topological polar surface area (TPSA) is 29.1 Å². The van der Waals surface area contributed by atoms with Gasteiger partial charge in [0.1, 0.15) is 5.78 Å². The Bertz CT molecular complexity index is 112. The van der Waals surface area contributed by atoms with Crippen LogP contribution in [0, 0.1) is 5.92 Å². The summed E-state index contributed by atoms with van der Waals surface area (Å²) in [6.45, 7) is 7.85. The maximum absolute atomic E-state index is 10.7. The average molecular weight is 157 g/mol. The lowest BCUT2D eigenvalue weighted by Gasteiger charge is -2.12. The lowest BCUT2D eigenvalue weighted by Crippen LogP contribution is -2.23. The fourth-order valence-electron chi connectivity index (χ4n) is 1.12. The van der Waals surface area contributed by atoms with Crippen LogP contribution in [0.15, 0.2) is 0 Å². The summed E-state index contributed by atoms with van der Waals surface area (Å²) >= 11 is 0. The number of ketones is 1. The van der Waals surface area contributed by atoms with Crippen molar-refractivity contribution in [2.75, 3.05) is 13.1 Å². The smallest absolute Gasteiger partial charge is 0.130 e. The number of carbonyl (C=O) groups excluding carboxylic acids is 1. The van der Waals surface area contributed by atoms with E-state index in [-0.39, 0.29) is 0 Å². The van der Waals surface area contributed by atoms with Gasteiger partial charge in [-0.1, -0.05) is 20.3 Å². The zero-order valence-electron chi connectivity index (χ0n) is 7.81. The van der Waals surface area contributed by atoms with Crippen molar-refractivity contribution in [3.8, 4) is 0 Å². The Hall–Kier alpha value is -0.370. The first-order chi connectivity index (χ1) is 5.20. The predicted octanol–water partition coefficient (Wildman–Crippen LogP) is 1.60. The molecular weight excluding hydrogens is 138 g/mol. The summed E-state index contributed by atoms with van der Waals surface area (Å²) in [5.41, 5.74) is 0. The fourth-order valence-corrected chi connectivity index (χ4v) is 1.12. The molecule has 0 fully saturated rings. The third-order valence-electron chi connectivity index (χ3n) is 1.84. The summed E-state index contributed by atoms with van der Waals surface area (Å²) in [4.78, 5) is 10.7. The van der Waals surface area contributed by atoms with Gasteiger partial charge >= 0.3 is 0 Å². The molecule has 0 aromatic rings. The van der Waals surface area contributed by atoms with Crippen molar-refractivity contribution < 1.29 is 4.79 Å². The van der Waals surface area contributed by atoms with Crippen LogP contribution in [0.3, 0.4) is 0 Å². The van der Waals surface area contributed by atoms with Gasteiger partial charge in [-0.25, -0.2) is 0 Å². The summed E-state index contributed by atoms with van der Waals surface area (Å²) in [5.74, 6) is 0.835. The van der Waals surface area contributed by atoms with Gasteiger partial charge in [0.25, 0.3) is 0 Å². The minimum atomic E-state index is 0.301. The SMILES string of the molecule is CCNCC(CC)CC(C)=O. The fraction of sp³-hybridized carbons (Fsp3) is 0.889. The van der Waals surface area contributed by atoms with Crippen LogP contribution in [-0.4, -0.2) is 18.9 Å². The Morgan fingerprint density at radius 2 is 2.09 bits per heavy atom. The van der Waals surface area contributed by atoms with Gasteiger partial charge in [0.2, 0.25) is 0 Å². The second-order valence-electron chi connectivity index (χ2n) is 2.99. The number of hydrogen-bond acceptors (Lipinski definition) is 2.